The fourth-order valence-electron chi connectivity index (χ4n) is 2.38. The maximum absolute atomic E-state index is 12.4. The van der Waals surface area contributed by atoms with Crippen molar-refractivity contribution in [3.05, 3.63) is 56.8 Å². The molecular formula is C14H12OS. The van der Waals surface area contributed by atoms with Gasteiger partial charge in [0.1, 0.15) is 0 Å². The lowest BCUT2D eigenvalue weighted by molar-refractivity contribution is 0.104. The second kappa shape index (κ2) is 3.56. The quantitative estimate of drug-likeness (QED) is 0.675. The van der Waals surface area contributed by atoms with E-state index in [1.165, 1.54) is 11.1 Å². The van der Waals surface area contributed by atoms with Gasteiger partial charge in [0.2, 0.25) is 5.78 Å². The number of hydrogen-bond acceptors (Lipinski definition) is 2. The van der Waals surface area contributed by atoms with Crippen molar-refractivity contribution in [1.29, 1.82) is 0 Å². The van der Waals surface area contributed by atoms with E-state index in [0.29, 0.717) is 0 Å². The number of benzene rings is 1. The van der Waals surface area contributed by atoms with Crippen molar-refractivity contribution in [2.45, 2.75) is 19.8 Å². The maximum atomic E-state index is 12.4. The molecule has 1 aliphatic carbocycles. The zero-order valence-electron chi connectivity index (χ0n) is 9.12. The number of fused-ring (bicyclic) bond motifs is 2. The van der Waals surface area contributed by atoms with Gasteiger partial charge >= 0.3 is 0 Å². The Morgan fingerprint density at radius 2 is 1.94 bits per heavy atom. The van der Waals surface area contributed by atoms with Crippen molar-refractivity contribution in [2.75, 3.05) is 0 Å². The van der Waals surface area contributed by atoms with Gasteiger partial charge in [-0.25, -0.2) is 0 Å². The molecule has 0 unspecified atom stereocenters. The Bertz CT molecular complexity index is 566. The molecule has 1 aliphatic rings. The Hall–Kier alpha value is -1.41. The highest BCUT2D eigenvalue weighted by molar-refractivity contribution is 7.12. The summed E-state index contributed by atoms with van der Waals surface area (Å²) in [5.74, 6) is 0.218. The predicted molar refractivity (Wildman–Crippen MR) is 66.3 cm³/mol. The molecule has 0 radical (unpaired) electrons. The highest BCUT2D eigenvalue weighted by Gasteiger charge is 2.23. The van der Waals surface area contributed by atoms with Crippen LogP contribution in [0.1, 0.15) is 31.9 Å². The van der Waals surface area contributed by atoms with Crippen LogP contribution in [0.5, 0.6) is 0 Å². The first-order chi connectivity index (χ1) is 7.77. The van der Waals surface area contributed by atoms with Gasteiger partial charge in [0.05, 0.1) is 4.88 Å². The number of thiophene rings is 1. The summed E-state index contributed by atoms with van der Waals surface area (Å²) in [5.41, 5.74) is 4.45. The molecule has 0 aliphatic heterocycles. The van der Waals surface area contributed by atoms with Crippen LogP contribution < -0.4 is 0 Å². The van der Waals surface area contributed by atoms with Crippen molar-refractivity contribution in [3.63, 3.8) is 0 Å². The molecule has 1 aromatic carbocycles. The molecule has 0 fully saturated rings. The first-order valence-corrected chi connectivity index (χ1v) is 6.35. The monoisotopic (exact) mass is 228 g/mol. The van der Waals surface area contributed by atoms with Gasteiger partial charge in [-0.05, 0) is 47.9 Å². The van der Waals surface area contributed by atoms with E-state index < -0.39 is 0 Å². The second-order valence-electron chi connectivity index (χ2n) is 4.21. The van der Waals surface area contributed by atoms with E-state index in [1.54, 1.807) is 11.3 Å². The van der Waals surface area contributed by atoms with Gasteiger partial charge in [-0.1, -0.05) is 18.2 Å². The number of rotatable bonds is 0. The fourth-order valence-corrected chi connectivity index (χ4v) is 3.28. The highest BCUT2D eigenvalue weighted by Crippen LogP contribution is 2.29. The summed E-state index contributed by atoms with van der Waals surface area (Å²) < 4.78 is 0. The molecule has 2 heteroatoms. The Morgan fingerprint density at radius 3 is 2.81 bits per heavy atom. The second-order valence-corrected chi connectivity index (χ2v) is 5.13. The average molecular weight is 228 g/mol. The first kappa shape index (κ1) is 9.79. The molecule has 0 N–H and O–H groups in total. The topological polar surface area (TPSA) is 17.1 Å². The lowest BCUT2D eigenvalue weighted by atomic mass is 9.97. The zero-order valence-corrected chi connectivity index (χ0v) is 9.93. The largest absolute Gasteiger partial charge is 0.288 e. The van der Waals surface area contributed by atoms with E-state index in [-0.39, 0.29) is 5.78 Å². The Kier molecular flexibility index (Phi) is 2.18. The smallest absolute Gasteiger partial charge is 0.203 e. The summed E-state index contributed by atoms with van der Waals surface area (Å²) in [6.45, 7) is 2.02. The third-order valence-corrected chi connectivity index (χ3v) is 4.16. The van der Waals surface area contributed by atoms with Gasteiger partial charge in [-0.3, -0.25) is 4.79 Å². The third-order valence-electron chi connectivity index (χ3n) is 3.20. The minimum atomic E-state index is 0.218. The standard InChI is InChI=1S/C14H12OS/c1-9-3-2-4-10-5-6-11-7-8-16-14(11)13(15)12(9)10/h2-4,7-8H,5-6H2,1H3. The highest BCUT2D eigenvalue weighted by atomic mass is 32.1. The number of ketones is 1. The molecular weight excluding hydrogens is 216 g/mol. The SMILES string of the molecule is Cc1cccc2c1C(=O)c1sccc1CC2. The predicted octanol–water partition coefficient (Wildman–Crippen LogP) is 3.39. The molecule has 1 aromatic heterocycles. The molecule has 1 heterocycles. The van der Waals surface area contributed by atoms with Crippen LogP contribution in [-0.4, -0.2) is 5.78 Å². The first-order valence-electron chi connectivity index (χ1n) is 5.47. The van der Waals surface area contributed by atoms with E-state index in [4.69, 9.17) is 0 Å². The van der Waals surface area contributed by atoms with Crippen LogP contribution in [0.15, 0.2) is 29.6 Å². The van der Waals surface area contributed by atoms with Crippen molar-refractivity contribution in [3.8, 4) is 0 Å². The molecule has 1 nitrogen and oxygen atoms in total. The molecule has 0 spiro atoms. The minimum absolute atomic E-state index is 0.218. The summed E-state index contributed by atoms with van der Waals surface area (Å²) >= 11 is 1.57. The summed E-state index contributed by atoms with van der Waals surface area (Å²) in [6.07, 6.45) is 1.97. The minimum Gasteiger partial charge on any atom is -0.288 e. The van der Waals surface area contributed by atoms with Crippen LogP contribution in [0, 0.1) is 6.92 Å². The van der Waals surface area contributed by atoms with Gasteiger partial charge < -0.3 is 0 Å². The molecule has 3 rings (SSSR count). The lowest BCUT2D eigenvalue weighted by Gasteiger charge is -2.07. The summed E-state index contributed by atoms with van der Waals surface area (Å²) in [4.78, 5) is 13.4. The Balaban J connectivity index is 2.26. The van der Waals surface area contributed by atoms with Crippen molar-refractivity contribution < 1.29 is 4.79 Å². The van der Waals surface area contributed by atoms with Crippen molar-refractivity contribution >= 4 is 17.1 Å². The van der Waals surface area contributed by atoms with Gasteiger partial charge in [-0.15, -0.1) is 11.3 Å². The van der Waals surface area contributed by atoms with Crippen LogP contribution in [0.25, 0.3) is 0 Å². The lowest BCUT2D eigenvalue weighted by Crippen LogP contribution is -2.04. The van der Waals surface area contributed by atoms with Crippen LogP contribution in [0.3, 0.4) is 0 Å². The van der Waals surface area contributed by atoms with E-state index in [0.717, 1.165) is 28.8 Å². The number of hydrogen-bond donors (Lipinski definition) is 0. The molecule has 0 amide bonds. The van der Waals surface area contributed by atoms with Gasteiger partial charge in [0.25, 0.3) is 0 Å². The van der Waals surface area contributed by atoms with Crippen LogP contribution >= 0.6 is 11.3 Å². The molecule has 80 valence electrons. The summed E-state index contributed by atoms with van der Waals surface area (Å²) in [5, 5.41) is 2.02. The summed E-state index contributed by atoms with van der Waals surface area (Å²) in [6, 6.07) is 8.23. The average Bonchev–Trinajstić information content (AvgIpc) is 2.69. The van der Waals surface area contributed by atoms with E-state index in [2.05, 4.69) is 12.1 Å². The molecule has 16 heavy (non-hydrogen) atoms. The van der Waals surface area contributed by atoms with Crippen LogP contribution in [0.4, 0.5) is 0 Å². The third kappa shape index (κ3) is 1.34. The van der Waals surface area contributed by atoms with Crippen LogP contribution in [-0.2, 0) is 12.8 Å². The van der Waals surface area contributed by atoms with Crippen LogP contribution in [0.2, 0.25) is 0 Å². The molecule has 0 saturated carbocycles. The van der Waals surface area contributed by atoms with Crippen molar-refractivity contribution in [2.24, 2.45) is 0 Å². The normalized spacial score (nSPS) is 14.2. The van der Waals surface area contributed by atoms with Gasteiger partial charge in [-0.2, -0.15) is 0 Å². The Morgan fingerprint density at radius 1 is 1.12 bits per heavy atom. The zero-order chi connectivity index (χ0) is 11.1. The van der Waals surface area contributed by atoms with Gasteiger partial charge in [0, 0.05) is 5.56 Å². The van der Waals surface area contributed by atoms with E-state index >= 15 is 0 Å². The summed E-state index contributed by atoms with van der Waals surface area (Å²) in [7, 11) is 0. The number of aryl methyl sites for hydroxylation is 3. The van der Waals surface area contributed by atoms with E-state index in [9.17, 15) is 4.79 Å². The molecule has 0 saturated heterocycles. The Labute approximate surface area is 98.7 Å². The fraction of sp³-hybridized carbons (Fsp3) is 0.214. The molecule has 0 atom stereocenters. The molecule has 0 bridgehead atoms. The maximum Gasteiger partial charge on any atom is 0.203 e. The van der Waals surface area contributed by atoms with Crippen molar-refractivity contribution in [1.82, 2.24) is 0 Å². The van der Waals surface area contributed by atoms with E-state index in [1.807, 2.05) is 24.4 Å². The molecule has 2 aromatic rings. The number of carbonyl (C=O) groups excluding carboxylic acids is 1. The number of carbonyl (C=O) groups is 1. The van der Waals surface area contributed by atoms with Gasteiger partial charge in [0.15, 0.2) is 0 Å².